The highest BCUT2D eigenvalue weighted by atomic mass is 32.2. The van der Waals surface area contributed by atoms with Crippen molar-refractivity contribution in [1.29, 1.82) is 0 Å². The van der Waals surface area contributed by atoms with Crippen molar-refractivity contribution in [3.05, 3.63) is 52.0 Å². The summed E-state index contributed by atoms with van der Waals surface area (Å²) in [5.74, 6) is -1.67. The van der Waals surface area contributed by atoms with Crippen LogP contribution in [0.1, 0.15) is 27.0 Å². The minimum Gasteiger partial charge on any atom is -0.372 e. The van der Waals surface area contributed by atoms with Crippen molar-refractivity contribution < 1.29 is 26.9 Å². The van der Waals surface area contributed by atoms with E-state index in [1.54, 1.807) is 0 Å². The Labute approximate surface area is 137 Å². The van der Waals surface area contributed by atoms with E-state index < -0.39 is 22.0 Å². The summed E-state index contributed by atoms with van der Waals surface area (Å²) < 4.78 is 42.0. The first-order valence-corrected chi connectivity index (χ1v) is 9.07. The van der Waals surface area contributed by atoms with E-state index in [0.29, 0.717) is 13.2 Å². The molecule has 122 valence electrons. The lowest BCUT2D eigenvalue weighted by Crippen LogP contribution is -2.17. The number of aromatic nitrogens is 1. The van der Waals surface area contributed by atoms with Crippen molar-refractivity contribution in [2.75, 3.05) is 5.94 Å². The van der Waals surface area contributed by atoms with Gasteiger partial charge in [0.25, 0.3) is 0 Å². The Bertz CT molecular complexity index is 801. The van der Waals surface area contributed by atoms with Gasteiger partial charge >= 0.3 is 16.1 Å². The molecule has 0 unspecified atom stereocenters. The quantitative estimate of drug-likeness (QED) is 0.730. The van der Waals surface area contributed by atoms with Crippen molar-refractivity contribution in [3.8, 4) is 0 Å². The van der Waals surface area contributed by atoms with E-state index in [-0.39, 0.29) is 12.2 Å². The van der Waals surface area contributed by atoms with Gasteiger partial charge in [-0.05, 0) is 28.2 Å². The van der Waals surface area contributed by atoms with Crippen LogP contribution in [0.2, 0.25) is 0 Å². The molecule has 1 aromatic heterocycles. The Morgan fingerprint density at radius 1 is 1.30 bits per heavy atom. The van der Waals surface area contributed by atoms with E-state index in [0.717, 1.165) is 28.2 Å². The summed E-state index contributed by atoms with van der Waals surface area (Å²) in [6, 6.07) is 5.69. The summed E-state index contributed by atoms with van der Waals surface area (Å²) in [5, 5.41) is 1.41. The lowest BCUT2D eigenvalue weighted by molar-refractivity contribution is 0.0728. The molecule has 1 aliphatic rings. The molecule has 0 saturated carbocycles. The number of carbonyl (C=O) groups excluding carboxylic acids is 1. The largest absolute Gasteiger partial charge is 0.372 e. The van der Waals surface area contributed by atoms with Gasteiger partial charge < -0.3 is 13.7 Å². The highest BCUT2D eigenvalue weighted by Crippen LogP contribution is 2.21. The van der Waals surface area contributed by atoms with Crippen LogP contribution in [0.15, 0.2) is 29.8 Å². The van der Waals surface area contributed by atoms with E-state index in [9.17, 15) is 13.2 Å². The summed E-state index contributed by atoms with van der Waals surface area (Å²) in [6.45, 7) is 1.25. The van der Waals surface area contributed by atoms with Gasteiger partial charge in [0.2, 0.25) is 0 Å². The van der Waals surface area contributed by atoms with E-state index in [4.69, 9.17) is 9.47 Å². The maximum atomic E-state index is 11.7. The van der Waals surface area contributed by atoms with Crippen LogP contribution in [0, 0.1) is 0 Å². The first-order chi connectivity index (χ1) is 11.0. The molecule has 7 nitrogen and oxygen atoms in total. The van der Waals surface area contributed by atoms with E-state index in [2.05, 4.69) is 8.56 Å². The molecule has 0 saturated heterocycles. The predicted octanol–water partition coefficient (Wildman–Crippen LogP) is 1.83. The van der Waals surface area contributed by atoms with Gasteiger partial charge in [-0.3, -0.25) is 0 Å². The van der Waals surface area contributed by atoms with Crippen LogP contribution in [-0.2, 0) is 43.6 Å². The minimum absolute atomic E-state index is 0.0946. The fourth-order valence-corrected chi connectivity index (χ4v) is 3.24. The predicted molar refractivity (Wildman–Crippen MR) is 81.0 cm³/mol. The molecule has 0 bridgehead atoms. The standard InChI is InChI=1S/C14H13NO6S2/c16-14(13-4-15-22-8-13)21-23(17,18)9-20-5-10-1-2-11-6-19-7-12(11)3-10/h1-4,8H,5-7,9H2. The van der Waals surface area contributed by atoms with Crippen LogP contribution < -0.4 is 0 Å². The lowest BCUT2D eigenvalue weighted by atomic mass is 10.1. The summed E-state index contributed by atoms with van der Waals surface area (Å²) in [5.41, 5.74) is 3.13. The first kappa shape index (κ1) is 16.1. The van der Waals surface area contributed by atoms with Crippen LogP contribution in [0.3, 0.4) is 0 Å². The molecule has 23 heavy (non-hydrogen) atoms. The lowest BCUT2D eigenvalue weighted by Gasteiger charge is -2.07. The molecule has 0 fully saturated rings. The third-order valence-electron chi connectivity index (χ3n) is 3.15. The molecule has 2 aromatic rings. The molecular formula is C14H13NO6S2. The van der Waals surface area contributed by atoms with Gasteiger partial charge in [0.15, 0.2) is 5.94 Å². The molecule has 1 aliphatic heterocycles. The molecule has 0 radical (unpaired) electrons. The third-order valence-corrected chi connectivity index (χ3v) is 4.60. The Morgan fingerprint density at radius 2 is 2.13 bits per heavy atom. The van der Waals surface area contributed by atoms with Crippen molar-refractivity contribution in [1.82, 2.24) is 4.37 Å². The average molecular weight is 355 g/mol. The Morgan fingerprint density at radius 3 is 2.91 bits per heavy atom. The molecule has 0 amide bonds. The first-order valence-electron chi connectivity index (χ1n) is 6.65. The van der Waals surface area contributed by atoms with Gasteiger partial charge in [0.05, 0.1) is 31.6 Å². The fourth-order valence-electron chi connectivity index (χ4n) is 2.07. The molecule has 2 heterocycles. The maximum absolute atomic E-state index is 11.7. The van der Waals surface area contributed by atoms with E-state index >= 15 is 0 Å². The Balaban J connectivity index is 1.52. The average Bonchev–Trinajstić information content (AvgIpc) is 3.17. The highest BCUT2D eigenvalue weighted by molar-refractivity contribution is 7.86. The van der Waals surface area contributed by atoms with Gasteiger partial charge in [0.1, 0.15) is 0 Å². The van der Waals surface area contributed by atoms with Gasteiger partial charge in [-0.1, -0.05) is 18.2 Å². The topological polar surface area (TPSA) is 91.8 Å². The van der Waals surface area contributed by atoms with Crippen molar-refractivity contribution >= 4 is 27.6 Å². The zero-order chi connectivity index (χ0) is 16.3. The zero-order valence-corrected chi connectivity index (χ0v) is 13.6. The summed E-state index contributed by atoms with van der Waals surface area (Å²) >= 11 is 1.03. The minimum atomic E-state index is -4.11. The third kappa shape index (κ3) is 4.14. The smallest absolute Gasteiger partial charge is 0.356 e. The van der Waals surface area contributed by atoms with Gasteiger partial charge in [-0.15, -0.1) is 0 Å². The number of benzene rings is 1. The normalized spacial score (nSPS) is 13.7. The van der Waals surface area contributed by atoms with E-state index in [1.807, 2.05) is 18.2 Å². The Hall–Kier alpha value is -1.81. The maximum Gasteiger partial charge on any atom is 0.356 e. The molecular weight excluding hydrogens is 342 g/mol. The van der Waals surface area contributed by atoms with Gasteiger partial charge in [-0.25, -0.2) is 9.17 Å². The van der Waals surface area contributed by atoms with Crippen LogP contribution >= 0.6 is 11.5 Å². The van der Waals surface area contributed by atoms with Crippen molar-refractivity contribution in [2.45, 2.75) is 19.8 Å². The SMILES string of the molecule is O=C(OS(=O)(=O)COCc1ccc2c(c1)COC2)c1cnsc1. The second-order valence-corrected chi connectivity index (χ2v) is 7.08. The summed E-state index contributed by atoms with van der Waals surface area (Å²) in [7, 11) is -4.11. The van der Waals surface area contributed by atoms with Gasteiger partial charge in [0, 0.05) is 5.38 Å². The number of nitrogens with zero attached hydrogens (tertiary/aromatic N) is 1. The molecule has 0 aliphatic carbocycles. The van der Waals surface area contributed by atoms with E-state index in [1.165, 1.54) is 11.6 Å². The summed E-state index contributed by atoms with van der Waals surface area (Å²) in [6.07, 6.45) is 1.25. The number of fused-ring (bicyclic) bond motifs is 1. The molecule has 3 rings (SSSR count). The summed E-state index contributed by atoms with van der Waals surface area (Å²) in [4.78, 5) is 11.6. The molecule has 0 spiro atoms. The fraction of sp³-hybridized carbons (Fsp3) is 0.286. The van der Waals surface area contributed by atoms with Crippen LogP contribution in [0.5, 0.6) is 0 Å². The molecule has 0 atom stereocenters. The van der Waals surface area contributed by atoms with Crippen LogP contribution in [0.25, 0.3) is 0 Å². The zero-order valence-electron chi connectivity index (χ0n) is 11.9. The molecule has 0 N–H and O–H groups in total. The molecule has 1 aromatic carbocycles. The number of hydrogen-bond donors (Lipinski definition) is 0. The van der Waals surface area contributed by atoms with Gasteiger partial charge in [-0.2, -0.15) is 8.42 Å². The van der Waals surface area contributed by atoms with Crippen LogP contribution in [0.4, 0.5) is 0 Å². The number of ether oxygens (including phenoxy) is 2. The number of rotatable bonds is 6. The monoisotopic (exact) mass is 355 g/mol. The number of hydrogen-bond acceptors (Lipinski definition) is 8. The van der Waals surface area contributed by atoms with Crippen molar-refractivity contribution in [2.24, 2.45) is 0 Å². The number of carbonyl (C=O) groups is 1. The Kier molecular flexibility index (Phi) is 4.71. The van der Waals surface area contributed by atoms with Crippen LogP contribution in [-0.4, -0.2) is 24.7 Å². The second-order valence-electron chi connectivity index (χ2n) is 4.90. The molecule has 9 heteroatoms. The van der Waals surface area contributed by atoms with Crippen molar-refractivity contribution in [3.63, 3.8) is 0 Å². The highest BCUT2D eigenvalue weighted by Gasteiger charge is 2.20. The second kappa shape index (κ2) is 6.75.